The first kappa shape index (κ1) is 23.6. The molecule has 0 saturated heterocycles. The zero-order chi connectivity index (χ0) is 23.3. The number of aliphatic carboxylic acids is 1. The van der Waals surface area contributed by atoms with Crippen LogP contribution in [-0.4, -0.2) is 52.0 Å². The third kappa shape index (κ3) is 5.60. The first-order chi connectivity index (χ1) is 15.3. The van der Waals surface area contributed by atoms with Gasteiger partial charge < -0.3 is 20.4 Å². The summed E-state index contributed by atoms with van der Waals surface area (Å²) in [5.74, 6) is -3.39. The van der Waals surface area contributed by atoms with E-state index in [1.54, 1.807) is 42.5 Å². The molecule has 1 aliphatic heterocycles. The van der Waals surface area contributed by atoms with Crippen LogP contribution in [0.4, 0.5) is 0 Å². The Kier molecular flexibility index (Phi) is 7.77. The minimum absolute atomic E-state index is 0.0632. The van der Waals surface area contributed by atoms with Crippen LogP contribution in [0.15, 0.2) is 59.9 Å². The van der Waals surface area contributed by atoms with Crippen molar-refractivity contribution in [2.75, 3.05) is 13.1 Å². The highest BCUT2D eigenvalue weighted by molar-refractivity contribution is 6.42. The number of amides is 2. The van der Waals surface area contributed by atoms with Crippen molar-refractivity contribution in [3.05, 3.63) is 81.0 Å². The van der Waals surface area contributed by atoms with Gasteiger partial charge in [-0.3, -0.25) is 9.59 Å². The second-order valence-electron chi connectivity index (χ2n) is 7.41. The summed E-state index contributed by atoms with van der Waals surface area (Å²) in [6, 6.07) is 13.0. The van der Waals surface area contributed by atoms with Crippen molar-refractivity contribution in [2.24, 2.45) is 0 Å². The molecule has 0 bridgehead atoms. The monoisotopic (exact) mass is 476 g/mol. The van der Waals surface area contributed by atoms with E-state index in [0.717, 1.165) is 16.0 Å². The van der Waals surface area contributed by atoms with Gasteiger partial charge in [0.05, 0.1) is 22.2 Å². The summed E-state index contributed by atoms with van der Waals surface area (Å²) < 4.78 is 0. The highest BCUT2D eigenvalue weighted by Crippen LogP contribution is 2.24. The molecule has 2 aromatic rings. The largest absolute Gasteiger partial charge is 0.503 e. The second-order valence-corrected chi connectivity index (χ2v) is 8.23. The average Bonchev–Trinajstić information content (AvgIpc) is 3.07. The van der Waals surface area contributed by atoms with Crippen LogP contribution < -0.4 is 5.32 Å². The van der Waals surface area contributed by atoms with E-state index in [-0.39, 0.29) is 18.5 Å². The number of carbonyl (C=O) groups excluding carboxylic acids is 2. The Hall–Kier alpha value is -3.03. The number of carbonyl (C=O) groups is 3. The van der Waals surface area contributed by atoms with Crippen molar-refractivity contribution in [3.8, 4) is 0 Å². The van der Waals surface area contributed by atoms with Crippen molar-refractivity contribution < 1.29 is 24.6 Å². The van der Waals surface area contributed by atoms with Crippen LogP contribution in [0.1, 0.15) is 17.5 Å². The molecular formula is C23H22Cl2N2O5. The van der Waals surface area contributed by atoms with Gasteiger partial charge in [-0.1, -0.05) is 59.6 Å². The maximum absolute atomic E-state index is 12.5. The average molecular weight is 477 g/mol. The molecule has 168 valence electrons. The van der Waals surface area contributed by atoms with E-state index in [2.05, 4.69) is 5.32 Å². The number of aryl methyl sites for hydroxylation is 1. The zero-order valence-corrected chi connectivity index (χ0v) is 18.6. The van der Waals surface area contributed by atoms with Gasteiger partial charge in [0, 0.05) is 13.0 Å². The standard InChI is InChI=1S/C23H22Cl2N2O5/c24-17-9-8-15(11-18(17)25)7-4-10-26-21(29)16-13-27(22(30)20(16)28)19(23(31)32)12-14-5-2-1-3-6-14/h1-3,5-6,8-9,11,19,28H,4,7,10,12-13H2,(H,26,29)(H,31,32). The highest BCUT2D eigenvalue weighted by atomic mass is 35.5. The van der Waals surface area contributed by atoms with Crippen LogP contribution in [0.2, 0.25) is 10.0 Å². The summed E-state index contributed by atoms with van der Waals surface area (Å²) in [5.41, 5.74) is 1.55. The van der Waals surface area contributed by atoms with E-state index in [0.29, 0.717) is 29.4 Å². The van der Waals surface area contributed by atoms with E-state index >= 15 is 0 Å². The molecule has 1 heterocycles. The predicted octanol–water partition coefficient (Wildman–Crippen LogP) is 3.39. The van der Waals surface area contributed by atoms with Crippen LogP contribution in [0.5, 0.6) is 0 Å². The number of aliphatic hydroxyl groups is 1. The Labute approximate surface area is 195 Å². The maximum Gasteiger partial charge on any atom is 0.326 e. The molecule has 0 radical (unpaired) electrons. The Morgan fingerprint density at radius 2 is 1.78 bits per heavy atom. The predicted molar refractivity (Wildman–Crippen MR) is 121 cm³/mol. The van der Waals surface area contributed by atoms with Crippen LogP contribution >= 0.6 is 23.2 Å². The van der Waals surface area contributed by atoms with Crippen LogP contribution in [0.3, 0.4) is 0 Å². The van der Waals surface area contributed by atoms with Gasteiger partial charge in [-0.2, -0.15) is 0 Å². The number of halogens is 2. The van der Waals surface area contributed by atoms with E-state index in [1.807, 2.05) is 6.07 Å². The smallest absolute Gasteiger partial charge is 0.326 e. The molecule has 0 saturated carbocycles. The third-order valence-corrected chi connectivity index (χ3v) is 5.94. The Balaban J connectivity index is 1.57. The third-order valence-electron chi connectivity index (χ3n) is 5.20. The minimum Gasteiger partial charge on any atom is -0.503 e. The molecule has 1 atom stereocenters. The molecule has 9 heteroatoms. The van der Waals surface area contributed by atoms with Gasteiger partial charge in [-0.15, -0.1) is 0 Å². The molecule has 2 aromatic carbocycles. The van der Waals surface area contributed by atoms with Crippen molar-refractivity contribution in [3.63, 3.8) is 0 Å². The Morgan fingerprint density at radius 1 is 1.06 bits per heavy atom. The van der Waals surface area contributed by atoms with Gasteiger partial charge >= 0.3 is 5.97 Å². The van der Waals surface area contributed by atoms with Gasteiger partial charge in [0.15, 0.2) is 5.76 Å². The normalized spacial score (nSPS) is 14.6. The summed E-state index contributed by atoms with van der Waals surface area (Å²) in [6.45, 7) is 0.0313. The molecular weight excluding hydrogens is 455 g/mol. The fraction of sp³-hybridized carbons (Fsp3) is 0.261. The topological polar surface area (TPSA) is 107 Å². The fourth-order valence-corrected chi connectivity index (χ4v) is 3.80. The molecule has 1 aliphatic rings. The summed E-state index contributed by atoms with van der Waals surface area (Å²) in [4.78, 5) is 37.8. The van der Waals surface area contributed by atoms with Crippen molar-refractivity contribution in [1.29, 1.82) is 0 Å². The van der Waals surface area contributed by atoms with Crippen LogP contribution in [0, 0.1) is 0 Å². The summed E-state index contributed by atoms with van der Waals surface area (Å²) >= 11 is 11.9. The number of aliphatic hydroxyl groups excluding tert-OH is 1. The van der Waals surface area contributed by atoms with Crippen molar-refractivity contribution >= 4 is 41.0 Å². The SMILES string of the molecule is O=C(NCCCc1ccc(Cl)c(Cl)c1)C1=C(O)C(=O)N(C(Cc2ccccc2)C(=O)O)C1. The molecule has 0 fully saturated rings. The lowest BCUT2D eigenvalue weighted by atomic mass is 10.0. The number of hydrogen-bond acceptors (Lipinski definition) is 4. The minimum atomic E-state index is -1.21. The lowest BCUT2D eigenvalue weighted by molar-refractivity contribution is -0.148. The van der Waals surface area contributed by atoms with E-state index < -0.39 is 29.6 Å². The van der Waals surface area contributed by atoms with Gasteiger partial charge in [-0.05, 0) is 36.1 Å². The number of rotatable bonds is 9. The van der Waals surface area contributed by atoms with Crippen molar-refractivity contribution in [2.45, 2.75) is 25.3 Å². The van der Waals surface area contributed by atoms with Gasteiger partial charge in [-0.25, -0.2) is 4.79 Å². The first-order valence-corrected chi connectivity index (χ1v) is 10.8. The summed E-state index contributed by atoms with van der Waals surface area (Å²) in [5, 5.41) is 23.4. The quantitative estimate of drug-likeness (QED) is 0.480. The molecule has 0 aliphatic carbocycles. The number of benzene rings is 2. The fourth-order valence-electron chi connectivity index (χ4n) is 3.48. The molecule has 32 heavy (non-hydrogen) atoms. The second kappa shape index (κ2) is 10.5. The Morgan fingerprint density at radius 3 is 2.44 bits per heavy atom. The van der Waals surface area contributed by atoms with Crippen molar-refractivity contribution in [1.82, 2.24) is 10.2 Å². The molecule has 7 nitrogen and oxygen atoms in total. The van der Waals surface area contributed by atoms with Gasteiger partial charge in [0.2, 0.25) is 0 Å². The molecule has 0 aromatic heterocycles. The van der Waals surface area contributed by atoms with E-state index in [9.17, 15) is 24.6 Å². The number of carboxylic acid groups (broad SMARTS) is 1. The molecule has 2 amide bonds. The lowest BCUT2D eigenvalue weighted by Crippen LogP contribution is -2.45. The molecule has 3 rings (SSSR count). The molecule has 1 unspecified atom stereocenters. The molecule has 0 spiro atoms. The van der Waals surface area contributed by atoms with Crippen LogP contribution in [-0.2, 0) is 27.2 Å². The number of carboxylic acids is 1. The van der Waals surface area contributed by atoms with Gasteiger partial charge in [0.1, 0.15) is 6.04 Å². The van der Waals surface area contributed by atoms with E-state index in [4.69, 9.17) is 23.2 Å². The number of nitrogens with zero attached hydrogens (tertiary/aromatic N) is 1. The van der Waals surface area contributed by atoms with Crippen LogP contribution in [0.25, 0.3) is 0 Å². The highest BCUT2D eigenvalue weighted by Gasteiger charge is 2.40. The summed E-state index contributed by atoms with van der Waals surface area (Å²) in [7, 11) is 0. The Bertz CT molecular complexity index is 1060. The maximum atomic E-state index is 12.5. The van der Waals surface area contributed by atoms with E-state index in [1.165, 1.54) is 0 Å². The zero-order valence-electron chi connectivity index (χ0n) is 17.1. The number of nitrogens with one attached hydrogen (secondary N) is 1. The lowest BCUT2D eigenvalue weighted by Gasteiger charge is -2.24. The van der Waals surface area contributed by atoms with Gasteiger partial charge in [0.25, 0.3) is 11.8 Å². The number of hydrogen-bond donors (Lipinski definition) is 3. The first-order valence-electron chi connectivity index (χ1n) is 10.00. The summed E-state index contributed by atoms with van der Waals surface area (Å²) in [6.07, 6.45) is 1.31. The molecule has 3 N–H and O–H groups in total.